The van der Waals surface area contributed by atoms with Gasteiger partial charge in [0.05, 0.1) is 5.56 Å². The van der Waals surface area contributed by atoms with Gasteiger partial charge in [-0.2, -0.15) is 0 Å². The number of oxime groups is 1. The molecule has 0 saturated heterocycles. The fraction of sp³-hybridized carbons (Fsp3) is 0.133. The van der Waals surface area contributed by atoms with Crippen LogP contribution < -0.4 is 5.73 Å². The predicted octanol–water partition coefficient (Wildman–Crippen LogP) is 2.18. The number of benzene rings is 1. The third kappa shape index (κ3) is 3.20. The highest BCUT2D eigenvalue weighted by Gasteiger charge is 2.11. The second kappa shape index (κ2) is 5.97. The first-order valence-electron chi connectivity index (χ1n) is 6.11. The van der Waals surface area contributed by atoms with Crippen LogP contribution in [0, 0.1) is 13.8 Å². The zero-order valence-electron chi connectivity index (χ0n) is 11.3. The molecule has 2 rings (SSSR count). The van der Waals surface area contributed by atoms with Crippen molar-refractivity contribution in [2.75, 3.05) is 0 Å². The van der Waals surface area contributed by atoms with Gasteiger partial charge in [0.1, 0.15) is 5.69 Å². The smallest absolute Gasteiger partial charge is 0.366 e. The molecule has 5 nitrogen and oxygen atoms in total. The number of carbonyl (C=O) groups is 1. The van der Waals surface area contributed by atoms with Gasteiger partial charge >= 0.3 is 5.97 Å². The SMILES string of the molecule is Cc1ccc(C)c(C(=O)O/N=C(/N)c2ccccn2)c1. The number of rotatable bonds is 3. The van der Waals surface area contributed by atoms with Crippen molar-refractivity contribution < 1.29 is 9.63 Å². The summed E-state index contributed by atoms with van der Waals surface area (Å²) in [6, 6.07) is 10.8. The largest absolute Gasteiger partial charge is 0.379 e. The van der Waals surface area contributed by atoms with Crippen molar-refractivity contribution in [1.82, 2.24) is 4.98 Å². The van der Waals surface area contributed by atoms with Gasteiger partial charge in [-0.05, 0) is 37.6 Å². The summed E-state index contributed by atoms with van der Waals surface area (Å²) >= 11 is 0. The molecule has 0 fully saturated rings. The Morgan fingerprint density at radius 3 is 2.75 bits per heavy atom. The van der Waals surface area contributed by atoms with E-state index in [9.17, 15) is 4.79 Å². The summed E-state index contributed by atoms with van der Waals surface area (Å²) in [6.45, 7) is 3.74. The van der Waals surface area contributed by atoms with Crippen LogP contribution >= 0.6 is 0 Å². The Kier molecular flexibility index (Phi) is 4.10. The fourth-order valence-corrected chi connectivity index (χ4v) is 1.66. The number of carbonyl (C=O) groups excluding carboxylic acids is 1. The molecule has 20 heavy (non-hydrogen) atoms. The van der Waals surface area contributed by atoms with E-state index in [0.29, 0.717) is 11.3 Å². The molecule has 2 aromatic rings. The van der Waals surface area contributed by atoms with E-state index >= 15 is 0 Å². The van der Waals surface area contributed by atoms with E-state index < -0.39 is 5.97 Å². The van der Waals surface area contributed by atoms with Crippen LogP contribution in [0.4, 0.5) is 0 Å². The molecule has 0 atom stereocenters. The van der Waals surface area contributed by atoms with E-state index in [1.165, 1.54) is 0 Å². The Morgan fingerprint density at radius 1 is 1.25 bits per heavy atom. The molecule has 1 aromatic carbocycles. The molecule has 5 heteroatoms. The molecular weight excluding hydrogens is 254 g/mol. The highest BCUT2D eigenvalue weighted by atomic mass is 16.7. The predicted molar refractivity (Wildman–Crippen MR) is 76.3 cm³/mol. The van der Waals surface area contributed by atoms with Gasteiger partial charge in [-0.1, -0.05) is 28.9 Å². The number of nitrogens with zero attached hydrogens (tertiary/aromatic N) is 2. The van der Waals surface area contributed by atoms with Gasteiger partial charge in [0.15, 0.2) is 5.84 Å². The van der Waals surface area contributed by atoms with E-state index in [0.717, 1.165) is 11.1 Å². The average molecular weight is 269 g/mol. The molecule has 0 unspecified atom stereocenters. The van der Waals surface area contributed by atoms with Crippen molar-refractivity contribution in [1.29, 1.82) is 0 Å². The molecule has 0 aliphatic heterocycles. The summed E-state index contributed by atoms with van der Waals surface area (Å²) < 4.78 is 0. The van der Waals surface area contributed by atoms with Gasteiger partial charge in [-0.15, -0.1) is 0 Å². The van der Waals surface area contributed by atoms with Crippen LogP contribution in [0.1, 0.15) is 27.2 Å². The van der Waals surface area contributed by atoms with E-state index in [1.807, 2.05) is 26.0 Å². The van der Waals surface area contributed by atoms with Crippen molar-refractivity contribution in [2.24, 2.45) is 10.9 Å². The summed E-state index contributed by atoms with van der Waals surface area (Å²) in [4.78, 5) is 20.8. The van der Waals surface area contributed by atoms with E-state index in [2.05, 4.69) is 10.1 Å². The molecule has 0 aliphatic carbocycles. The molecule has 0 amide bonds. The molecule has 2 N–H and O–H groups in total. The Morgan fingerprint density at radius 2 is 2.05 bits per heavy atom. The standard InChI is InChI=1S/C15H15N3O2/c1-10-6-7-11(2)12(9-10)15(19)20-18-14(16)13-5-3-4-8-17-13/h3-9H,1-2H3,(H2,16,18). The van der Waals surface area contributed by atoms with Crippen molar-refractivity contribution >= 4 is 11.8 Å². The quantitative estimate of drug-likeness (QED) is 0.401. The molecule has 0 radical (unpaired) electrons. The summed E-state index contributed by atoms with van der Waals surface area (Å²) in [5, 5.41) is 3.62. The minimum absolute atomic E-state index is 0.0595. The molecule has 102 valence electrons. The summed E-state index contributed by atoms with van der Waals surface area (Å²) in [6.07, 6.45) is 1.59. The first kappa shape index (κ1) is 13.7. The van der Waals surface area contributed by atoms with Gasteiger partial charge < -0.3 is 10.6 Å². The lowest BCUT2D eigenvalue weighted by Crippen LogP contribution is -2.16. The van der Waals surface area contributed by atoms with E-state index in [-0.39, 0.29) is 5.84 Å². The maximum absolute atomic E-state index is 11.9. The Bertz CT molecular complexity index is 651. The second-order valence-electron chi connectivity index (χ2n) is 4.39. The number of amidine groups is 1. The van der Waals surface area contributed by atoms with Crippen LogP contribution in [0.15, 0.2) is 47.8 Å². The maximum atomic E-state index is 11.9. The molecule has 0 bridgehead atoms. The Balaban J connectivity index is 2.14. The van der Waals surface area contributed by atoms with E-state index in [1.54, 1.807) is 30.5 Å². The zero-order valence-corrected chi connectivity index (χ0v) is 11.3. The third-order valence-electron chi connectivity index (χ3n) is 2.77. The van der Waals surface area contributed by atoms with Gasteiger partial charge in [0.2, 0.25) is 0 Å². The van der Waals surface area contributed by atoms with Crippen LogP contribution in [0.3, 0.4) is 0 Å². The van der Waals surface area contributed by atoms with Crippen LogP contribution in [-0.2, 0) is 4.84 Å². The Labute approximate surface area is 117 Å². The lowest BCUT2D eigenvalue weighted by atomic mass is 10.1. The fourth-order valence-electron chi connectivity index (χ4n) is 1.66. The van der Waals surface area contributed by atoms with Crippen molar-refractivity contribution in [3.05, 3.63) is 65.0 Å². The molecular formula is C15H15N3O2. The van der Waals surface area contributed by atoms with Crippen molar-refractivity contribution in [2.45, 2.75) is 13.8 Å². The van der Waals surface area contributed by atoms with Crippen molar-refractivity contribution in [3.8, 4) is 0 Å². The topological polar surface area (TPSA) is 77.6 Å². The summed E-state index contributed by atoms with van der Waals surface area (Å²) in [5.74, 6) is -0.477. The molecule has 0 saturated carbocycles. The van der Waals surface area contributed by atoms with Gasteiger partial charge in [-0.3, -0.25) is 4.98 Å². The molecule has 1 aromatic heterocycles. The minimum Gasteiger partial charge on any atom is -0.379 e. The maximum Gasteiger partial charge on any atom is 0.366 e. The highest BCUT2D eigenvalue weighted by molar-refractivity contribution is 5.96. The van der Waals surface area contributed by atoms with Crippen LogP contribution in [0.5, 0.6) is 0 Å². The van der Waals surface area contributed by atoms with Crippen LogP contribution in [0.2, 0.25) is 0 Å². The monoisotopic (exact) mass is 269 g/mol. The minimum atomic E-state index is -0.537. The third-order valence-corrected chi connectivity index (χ3v) is 2.77. The number of nitrogens with two attached hydrogens (primary N) is 1. The lowest BCUT2D eigenvalue weighted by Gasteiger charge is -2.04. The number of aryl methyl sites for hydroxylation is 2. The molecule has 1 heterocycles. The zero-order chi connectivity index (χ0) is 14.5. The number of hydrogen-bond donors (Lipinski definition) is 1. The molecule has 0 spiro atoms. The van der Waals surface area contributed by atoms with Crippen molar-refractivity contribution in [3.63, 3.8) is 0 Å². The van der Waals surface area contributed by atoms with Crippen LogP contribution in [0.25, 0.3) is 0 Å². The Hall–Kier alpha value is -2.69. The number of hydrogen-bond acceptors (Lipinski definition) is 4. The summed E-state index contributed by atoms with van der Waals surface area (Å²) in [5.41, 5.74) is 8.44. The van der Waals surface area contributed by atoms with Crippen LogP contribution in [-0.4, -0.2) is 16.8 Å². The molecule has 0 aliphatic rings. The second-order valence-corrected chi connectivity index (χ2v) is 4.39. The number of pyridine rings is 1. The lowest BCUT2D eigenvalue weighted by molar-refractivity contribution is 0.0515. The van der Waals surface area contributed by atoms with Gasteiger partial charge in [0.25, 0.3) is 0 Å². The van der Waals surface area contributed by atoms with E-state index in [4.69, 9.17) is 10.6 Å². The first-order valence-corrected chi connectivity index (χ1v) is 6.11. The summed E-state index contributed by atoms with van der Waals surface area (Å²) in [7, 11) is 0. The van der Waals surface area contributed by atoms with Gasteiger partial charge in [-0.25, -0.2) is 4.79 Å². The van der Waals surface area contributed by atoms with Gasteiger partial charge in [0, 0.05) is 6.20 Å². The average Bonchev–Trinajstić information content (AvgIpc) is 2.47. The highest BCUT2D eigenvalue weighted by Crippen LogP contribution is 2.12. The first-order chi connectivity index (χ1) is 9.58. The normalized spacial score (nSPS) is 11.2. The number of aromatic nitrogens is 1.